The Kier molecular flexibility index (Phi) is 2.07. The van der Waals surface area contributed by atoms with Crippen LogP contribution in [-0.2, 0) is 4.74 Å². The molecule has 0 saturated carbocycles. The van der Waals surface area contributed by atoms with Crippen molar-refractivity contribution in [2.24, 2.45) is 5.92 Å². The van der Waals surface area contributed by atoms with Crippen LogP contribution in [0.2, 0.25) is 0 Å². The van der Waals surface area contributed by atoms with Crippen LogP contribution < -0.4 is 0 Å². The first-order valence-corrected chi connectivity index (χ1v) is 3.35. The van der Waals surface area contributed by atoms with Crippen LogP contribution in [-0.4, -0.2) is 11.7 Å². The summed E-state index contributed by atoms with van der Waals surface area (Å²) in [5.41, 5.74) is 0. The minimum absolute atomic E-state index is 0.325. The minimum Gasteiger partial charge on any atom is -0.487 e. The number of ether oxygens (including phenoxy) is 1. The Labute approximate surface area is 60.4 Å². The van der Waals surface area contributed by atoms with Crippen LogP contribution in [0.1, 0.15) is 12.8 Å². The second-order valence-electron chi connectivity index (χ2n) is 2.08. The Morgan fingerprint density at radius 1 is 1.78 bits per heavy atom. The van der Waals surface area contributed by atoms with Crippen molar-refractivity contribution in [1.29, 1.82) is 0 Å². The van der Waals surface area contributed by atoms with Crippen LogP contribution in [0.5, 0.6) is 0 Å². The molecule has 1 saturated heterocycles. The third-order valence-corrected chi connectivity index (χ3v) is 1.66. The van der Waals surface area contributed by atoms with Crippen LogP contribution in [0.15, 0.2) is 0 Å². The van der Waals surface area contributed by atoms with Crippen molar-refractivity contribution in [3.8, 4) is 12.3 Å². The predicted octanol–water partition coefficient (Wildman–Crippen LogP) is 1.37. The summed E-state index contributed by atoms with van der Waals surface area (Å²) in [6.07, 6.45) is 6.92. The third-order valence-electron chi connectivity index (χ3n) is 1.38. The van der Waals surface area contributed by atoms with Gasteiger partial charge in [0, 0.05) is 12.3 Å². The number of hydrogen-bond acceptors (Lipinski definition) is 2. The van der Waals surface area contributed by atoms with E-state index in [4.69, 9.17) is 23.4 Å². The van der Waals surface area contributed by atoms with E-state index in [1.165, 1.54) is 0 Å². The first-order valence-electron chi connectivity index (χ1n) is 2.94. The molecule has 0 aromatic rings. The van der Waals surface area contributed by atoms with E-state index in [1.54, 1.807) is 0 Å². The lowest BCUT2D eigenvalue weighted by Gasteiger charge is -2.18. The van der Waals surface area contributed by atoms with Crippen molar-refractivity contribution < 1.29 is 4.74 Å². The van der Waals surface area contributed by atoms with E-state index >= 15 is 0 Å². The maximum Gasteiger partial charge on any atom is 0.160 e. The largest absolute Gasteiger partial charge is 0.487 e. The third kappa shape index (κ3) is 1.69. The molecule has 1 aliphatic rings. The van der Waals surface area contributed by atoms with Crippen LogP contribution in [0.3, 0.4) is 0 Å². The molecule has 0 N–H and O–H groups in total. The smallest absolute Gasteiger partial charge is 0.160 e. The van der Waals surface area contributed by atoms with Crippen molar-refractivity contribution in [1.82, 2.24) is 0 Å². The van der Waals surface area contributed by atoms with Gasteiger partial charge in [-0.1, -0.05) is 0 Å². The lowest BCUT2D eigenvalue weighted by molar-refractivity contribution is 0.249. The fourth-order valence-corrected chi connectivity index (χ4v) is 1.10. The zero-order chi connectivity index (χ0) is 6.69. The van der Waals surface area contributed by atoms with Crippen LogP contribution in [0.25, 0.3) is 0 Å². The second kappa shape index (κ2) is 2.84. The van der Waals surface area contributed by atoms with Crippen LogP contribution in [0, 0.1) is 18.3 Å². The molecular weight excluding hydrogens is 132 g/mol. The molecule has 0 aliphatic carbocycles. The molecule has 0 aromatic heterocycles. The van der Waals surface area contributed by atoms with E-state index in [0.717, 1.165) is 12.8 Å². The molecule has 1 rings (SSSR count). The lowest BCUT2D eigenvalue weighted by atomic mass is 10.0. The molecule has 9 heavy (non-hydrogen) atoms. The summed E-state index contributed by atoms with van der Waals surface area (Å²) in [4.78, 5) is 0. The Morgan fingerprint density at radius 2 is 2.56 bits per heavy atom. The monoisotopic (exact) mass is 140 g/mol. The van der Waals surface area contributed by atoms with Gasteiger partial charge in [0.1, 0.15) is 0 Å². The number of hydrogen-bond donors (Lipinski definition) is 0. The summed E-state index contributed by atoms with van der Waals surface area (Å²) in [5.74, 6) is 2.99. The van der Waals surface area contributed by atoms with Crippen molar-refractivity contribution in [3.05, 3.63) is 0 Å². The molecule has 1 aliphatic heterocycles. The zero-order valence-electron chi connectivity index (χ0n) is 5.09. The molecule has 1 unspecified atom stereocenters. The first-order chi connectivity index (χ1) is 4.33. The summed E-state index contributed by atoms with van der Waals surface area (Å²) in [6, 6.07) is 0. The molecule has 2 heteroatoms. The van der Waals surface area contributed by atoms with Crippen molar-refractivity contribution in [3.63, 3.8) is 0 Å². The highest BCUT2D eigenvalue weighted by Gasteiger charge is 2.14. The molecule has 0 radical (unpaired) electrons. The maximum absolute atomic E-state index is 5.20. The highest BCUT2D eigenvalue weighted by atomic mass is 32.1. The molecule has 48 valence electrons. The van der Waals surface area contributed by atoms with Gasteiger partial charge in [0.25, 0.3) is 0 Å². The normalized spacial score (nSPS) is 26.6. The fourth-order valence-electron chi connectivity index (χ4n) is 0.819. The lowest BCUT2D eigenvalue weighted by Crippen LogP contribution is -2.17. The van der Waals surface area contributed by atoms with Gasteiger partial charge in [-0.05, 0) is 18.6 Å². The minimum atomic E-state index is 0.325. The van der Waals surface area contributed by atoms with Crippen LogP contribution >= 0.6 is 12.2 Å². The Balaban J connectivity index is 2.43. The van der Waals surface area contributed by atoms with Gasteiger partial charge in [0.05, 0.1) is 6.61 Å². The first kappa shape index (κ1) is 6.57. The summed E-state index contributed by atoms with van der Waals surface area (Å²) >= 11 is 4.83. The average Bonchev–Trinajstić information content (AvgIpc) is 1.88. The summed E-state index contributed by atoms with van der Waals surface area (Å²) in [6.45, 7) is 0.702. The van der Waals surface area contributed by atoms with Gasteiger partial charge >= 0.3 is 0 Å². The summed E-state index contributed by atoms with van der Waals surface area (Å²) in [5, 5.41) is 0.671. The number of terminal acetylenes is 1. The molecule has 0 amide bonds. The van der Waals surface area contributed by atoms with E-state index in [2.05, 4.69) is 5.92 Å². The fraction of sp³-hybridized carbons (Fsp3) is 0.571. The molecule has 1 heterocycles. The van der Waals surface area contributed by atoms with Gasteiger partial charge in [-0.15, -0.1) is 12.3 Å². The van der Waals surface area contributed by atoms with Gasteiger partial charge in [-0.25, -0.2) is 0 Å². The highest BCUT2D eigenvalue weighted by molar-refractivity contribution is 7.80. The molecular formula is C7H8OS. The Morgan fingerprint density at radius 3 is 3.00 bits per heavy atom. The van der Waals surface area contributed by atoms with Gasteiger partial charge in [0.15, 0.2) is 5.05 Å². The quantitative estimate of drug-likeness (QED) is 0.371. The van der Waals surface area contributed by atoms with Crippen molar-refractivity contribution >= 4 is 17.3 Å². The average molecular weight is 140 g/mol. The molecule has 1 nitrogen and oxygen atoms in total. The van der Waals surface area contributed by atoms with E-state index < -0.39 is 0 Å². The molecule has 1 atom stereocenters. The van der Waals surface area contributed by atoms with Crippen molar-refractivity contribution in [2.45, 2.75) is 12.8 Å². The standard InChI is InChI=1S/C7H8OS/c1-2-6-3-4-8-7(9)5-6/h1,6H,3-5H2. The second-order valence-corrected chi connectivity index (χ2v) is 2.53. The van der Waals surface area contributed by atoms with Gasteiger partial charge in [-0.2, -0.15) is 0 Å². The highest BCUT2D eigenvalue weighted by Crippen LogP contribution is 2.14. The van der Waals surface area contributed by atoms with Crippen LogP contribution in [0.4, 0.5) is 0 Å². The molecule has 0 spiro atoms. The van der Waals surface area contributed by atoms with Gasteiger partial charge in [-0.3, -0.25) is 0 Å². The Hall–Kier alpha value is -0.550. The van der Waals surface area contributed by atoms with E-state index in [1.807, 2.05) is 0 Å². The van der Waals surface area contributed by atoms with Crippen molar-refractivity contribution in [2.75, 3.05) is 6.61 Å². The van der Waals surface area contributed by atoms with E-state index in [0.29, 0.717) is 17.6 Å². The zero-order valence-corrected chi connectivity index (χ0v) is 5.91. The van der Waals surface area contributed by atoms with Gasteiger partial charge in [0.2, 0.25) is 0 Å². The Bertz CT molecular complexity index is 157. The molecule has 1 fully saturated rings. The van der Waals surface area contributed by atoms with E-state index in [9.17, 15) is 0 Å². The summed E-state index contributed by atoms with van der Waals surface area (Å²) in [7, 11) is 0. The topological polar surface area (TPSA) is 9.23 Å². The molecule has 0 aromatic carbocycles. The predicted molar refractivity (Wildman–Crippen MR) is 40.1 cm³/mol. The molecule has 0 bridgehead atoms. The summed E-state index contributed by atoms with van der Waals surface area (Å²) < 4.78 is 5.05. The van der Waals surface area contributed by atoms with E-state index in [-0.39, 0.29) is 0 Å². The SMILES string of the molecule is C#CC1CCOC(=S)C1. The number of rotatable bonds is 0. The maximum atomic E-state index is 5.20. The number of thiocarbonyl (C=S) groups is 1. The van der Waals surface area contributed by atoms with Gasteiger partial charge < -0.3 is 4.74 Å².